The molecule has 0 fully saturated rings. The molecule has 0 aromatic heterocycles. The maximum atomic E-state index is 9.75. The Hall–Kier alpha value is -0.892. The van der Waals surface area contributed by atoms with Crippen molar-refractivity contribution < 1.29 is 36.7 Å². The van der Waals surface area contributed by atoms with E-state index in [-0.39, 0.29) is 19.5 Å². The van der Waals surface area contributed by atoms with Crippen molar-refractivity contribution in [2.24, 2.45) is 0 Å². The summed E-state index contributed by atoms with van der Waals surface area (Å²) in [5.41, 5.74) is 8.73. The SMILES string of the molecule is C=C.C=C.Cc1c(C)c(C)c(C)c(C)c1C.F[B-](F)(F)F.[Rh]. The first-order valence-corrected chi connectivity index (χ1v) is 6.37. The molecule has 0 aliphatic rings. The quantitative estimate of drug-likeness (QED) is 0.263. The third kappa shape index (κ3) is 11.7. The molecule has 0 amide bonds. The Morgan fingerprint density at radius 1 is 0.500 bits per heavy atom. The van der Waals surface area contributed by atoms with Crippen LogP contribution in [0.3, 0.4) is 0 Å². The standard InChI is InChI=1S/C12H18.2C2H4.BF4.Rh/c1-7-8(2)10(4)12(6)11(5)9(7)3;2*1-2;2-1(3,4)5;/h1-6H3;2*1-2H2;;/q;;;-1;. The second-order valence-electron chi connectivity index (χ2n) is 4.24. The molecule has 0 spiro atoms. The molecule has 0 aliphatic carbocycles. The average molecular weight is 408 g/mol. The van der Waals surface area contributed by atoms with Crippen LogP contribution >= 0.6 is 0 Å². The Morgan fingerprint density at radius 3 is 0.591 bits per heavy atom. The molecule has 0 aliphatic heterocycles. The first kappa shape index (κ1) is 29.2. The van der Waals surface area contributed by atoms with Crippen LogP contribution in [0, 0.1) is 41.5 Å². The summed E-state index contributed by atoms with van der Waals surface area (Å²) in [7, 11) is -6.00. The minimum absolute atomic E-state index is 0. The van der Waals surface area contributed by atoms with Crippen molar-refractivity contribution in [3.63, 3.8) is 0 Å². The summed E-state index contributed by atoms with van der Waals surface area (Å²) in [6, 6.07) is 0. The Kier molecular flexibility index (Phi) is 18.2. The van der Waals surface area contributed by atoms with Crippen LogP contribution in [0.25, 0.3) is 0 Å². The molecule has 1 rings (SSSR count). The van der Waals surface area contributed by atoms with Crippen LogP contribution < -0.4 is 0 Å². The molecular weight excluding hydrogens is 382 g/mol. The zero-order valence-corrected chi connectivity index (χ0v) is 15.9. The molecule has 22 heavy (non-hydrogen) atoms. The number of hydrogen-bond acceptors (Lipinski definition) is 0. The summed E-state index contributed by atoms with van der Waals surface area (Å²) in [4.78, 5) is 0. The number of rotatable bonds is 0. The molecule has 0 saturated carbocycles. The van der Waals surface area contributed by atoms with Crippen LogP contribution in [0.15, 0.2) is 26.3 Å². The van der Waals surface area contributed by atoms with Gasteiger partial charge in [0.05, 0.1) is 0 Å². The molecule has 6 heteroatoms. The summed E-state index contributed by atoms with van der Waals surface area (Å²) in [6.45, 7) is 25.3. The predicted molar refractivity (Wildman–Crippen MR) is 87.6 cm³/mol. The largest absolute Gasteiger partial charge is 0.673 e. The summed E-state index contributed by atoms with van der Waals surface area (Å²) in [6.07, 6.45) is 0. The molecule has 0 nitrogen and oxygen atoms in total. The van der Waals surface area contributed by atoms with Gasteiger partial charge in [-0.25, -0.2) is 0 Å². The Balaban J connectivity index is -0.000000138. The maximum absolute atomic E-state index is 9.75. The van der Waals surface area contributed by atoms with E-state index in [4.69, 9.17) is 0 Å². The van der Waals surface area contributed by atoms with Gasteiger partial charge in [0, 0.05) is 19.5 Å². The van der Waals surface area contributed by atoms with Gasteiger partial charge in [-0.15, -0.1) is 26.3 Å². The molecule has 131 valence electrons. The van der Waals surface area contributed by atoms with Crippen molar-refractivity contribution in [1.29, 1.82) is 0 Å². The molecule has 1 aromatic rings. The van der Waals surface area contributed by atoms with Crippen molar-refractivity contribution >= 4 is 7.25 Å². The van der Waals surface area contributed by atoms with Crippen molar-refractivity contribution in [2.45, 2.75) is 41.5 Å². The summed E-state index contributed by atoms with van der Waals surface area (Å²) in [5, 5.41) is 0. The van der Waals surface area contributed by atoms with E-state index >= 15 is 0 Å². The molecular formula is C16H26BF4Rh-. The molecule has 1 aromatic carbocycles. The Labute approximate surface area is 145 Å². The van der Waals surface area contributed by atoms with Gasteiger partial charge in [0.15, 0.2) is 0 Å². The normalized spacial score (nSPS) is 8.82. The Morgan fingerprint density at radius 2 is 0.545 bits per heavy atom. The van der Waals surface area contributed by atoms with Gasteiger partial charge in [-0.3, -0.25) is 0 Å². The molecule has 0 bridgehead atoms. The van der Waals surface area contributed by atoms with Gasteiger partial charge in [-0.05, 0) is 74.9 Å². The smallest absolute Gasteiger partial charge is 0.418 e. The van der Waals surface area contributed by atoms with Crippen molar-refractivity contribution in [1.82, 2.24) is 0 Å². The van der Waals surface area contributed by atoms with Crippen molar-refractivity contribution in [2.75, 3.05) is 0 Å². The first-order chi connectivity index (χ1) is 9.46. The van der Waals surface area contributed by atoms with Gasteiger partial charge in [0.25, 0.3) is 0 Å². The molecule has 1 radical (unpaired) electrons. The third-order valence-electron chi connectivity index (χ3n) is 3.38. The third-order valence-corrected chi connectivity index (χ3v) is 3.38. The number of halogens is 4. The van der Waals surface area contributed by atoms with Crippen LogP contribution in [0.4, 0.5) is 17.3 Å². The van der Waals surface area contributed by atoms with Crippen LogP contribution in [0.1, 0.15) is 33.4 Å². The summed E-state index contributed by atoms with van der Waals surface area (Å²) >= 11 is 0. The number of hydrogen-bond donors (Lipinski definition) is 0. The average Bonchev–Trinajstić information content (AvgIpc) is 2.43. The van der Waals surface area contributed by atoms with Crippen LogP contribution in [0.5, 0.6) is 0 Å². The van der Waals surface area contributed by atoms with E-state index < -0.39 is 7.25 Å². The minimum Gasteiger partial charge on any atom is -0.418 e. The zero-order chi connectivity index (χ0) is 18.0. The second-order valence-corrected chi connectivity index (χ2v) is 4.24. The van der Waals surface area contributed by atoms with Crippen LogP contribution in [0.2, 0.25) is 0 Å². The van der Waals surface area contributed by atoms with E-state index in [2.05, 4.69) is 67.9 Å². The second kappa shape index (κ2) is 13.7. The van der Waals surface area contributed by atoms with Gasteiger partial charge in [0.2, 0.25) is 0 Å². The first-order valence-electron chi connectivity index (χ1n) is 6.37. The fourth-order valence-corrected chi connectivity index (χ4v) is 1.69. The maximum Gasteiger partial charge on any atom is 0.673 e. The molecule has 0 saturated heterocycles. The van der Waals surface area contributed by atoms with E-state index in [0.29, 0.717) is 0 Å². The molecule has 0 heterocycles. The zero-order valence-electron chi connectivity index (χ0n) is 14.3. The molecule has 0 N–H and O–H groups in total. The number of benzene rings is 1. The van der Waals surface area contributed by atoms with Gasteiger partial charge in [0.1, 0.15) is 0 Å². The monoisotopic (exact) mass is 408 g/mol. The van der Waals surface area contributed by atoms with Crippen molar-refractivity contribution in [3.05, 3.63) is 59.7 Å². The Bertz CT molecular complexity index is 330. The van der Waals surface area contributed by atoms with Gasteiger partial charge in [-0.1, -0.05) is 0 Å². The summed E-state index contributed by atoms with van der Waals surface area (Å²) in [5.74, 6) is 0. The fraction of sp³-hybridized carbons (Fsp3) is 0.375. The van der Waals surface area contributed by atoms with E-state index in [9.17, 15) is 17.3 Å². The topological polar surface area (TPSA) is 0 Å². The minimum atomic E-state index is -6.00. The van der Waals surface area contributed by atoms with Gasteiger partial charge < -0.3 is 17.3 Å². The van der Waals surface area contributed by atoms with Crippen molar-refractivity contribution in [3.8, 4) is 0 Å². The van der Waals surface area contributed by atoms with E-state index in [1.807, 2.05) is 0 Å². The van der Waals surface area contributed by atoms with E-state index in [0.717, 1.165) is 0 Å². The van der Waals surface area contributed by atoms with Gasteiger partial charge in [-0.2, -0.15) is 0 Å². The van der Waals surface area contributed by atoms with E-state index in [1.165, 1.54) is 33.4 Å². The summed E-state index contributed by atoms with van der Waals surface area (Å²) < 4.78 is 39.0. The van der Waals surface area contributed by atoms with E-state index in [1.54, 1.807) is 0 Å². The fourth-order valence-electron chi connectivity index (χ4n) is 1.69. The van der Waals surface area contributed by atoms with Gasteiger partial charge >= 0.3 is 7.25 Å². The predicted octanol–water partition coefficient (Wildman–Crippen LogP) is 6.44. The molecule has 0 unspecified atom stereocenters. The van der Waals surface area contributed by atoms with Crippen LogP contribution in [-0.4, -0.2) is 7.25 Å². The molecule has 0 atom stereocenters. The van der Waals surface area contributed by atoms with Crippen LogP contribution in [-0.2, 0) is 19.5 Å².